The van der Waals surface area contributed by atoms with Crippen LogP contribution < -0.4 is 5.32 Å². The number of hydrogen-bond donors (Lipinski definition) is 1. The Morgan fingerprint density at radius 3 is 2.56 bits per heavy atom. The van der Waals surface area contributed by atoms with Gasteiger partial charge in [-0.05, 0) is 44.2 Å². The Morgan fingerprint density at radius 1 is 1.17 bits per heavy atom. The monoisotopic (exact) mass is 273 g/mol. The Labute approximate surface area is 112 Å². The number of rotatable bonds is 4. The van der Waals surface area contributed by atoms with Crippen LogP contribution in [-0.2, 0) is 6.54 Å². The zero-order valence-electron chi connectivity index (χ0n) is 10.3. The van der Waals surface area contributed by atoms with Crippen molar-refractivity contribution in [2.75, 3.05) is 6.54 Å². The van der Waals surface area contributed by atoms with Crippen LogP contribution in [0.1, 0.15) is 31.2 Å². The maximum Gasteiger partial charge on any atom is 0.130 e. The maximum atomic E-state index is 13.4. The molecule has 1 N–H and O–H groups in total. The third kappa shape index (κ3) is 3.92. The van der Waals surface area contributed by atoms with Gasteiger partial charge in [0.15, 0.2) is 0 Å². The third-order valence-corrected chi connectivity index (χ3v) is 3.98. The van der Waals surface area contributed by atoms with Gasteiger partial charge in [0.2, 0.25) is 0 Å². The molecular weight excluding hydrogens is 256 g/mol. The molecule has 0 atom stereocenters. The molecule has 0 aliphatic heterocycles. The average Bonchev–Trinajstić information content (AvgIpc) is 2.34. The summed E-state index contributed by atoms with van der Waals surface area (Å²) in [4.78, 5) is 0. The van der Waals surface area contributed by atoms with Gasteiger partial charge < -0.3 is 5.32 Å². The van der Waals surface area contributed by atoms with Gasteiger partial charge in [-0.3, -0.25) is 0 Å². The van der Waals surface area contributed by atoms with Crippen LogP contribution in [0.2, 0.25) is 0 Å². The summed E-state index contributed by atoms with van der Waals surface area (Å²) in [5.41, 5.74) is 0.516. The van der Waals surface area contributed by atoms with E-state index < -0.39 is 11.6 Å². The van der Waals surface area contributed by atoms with E-state index >= 15 is 0 Å². The van der Waals surface area contributed by atoms with Gasteiger partial charge in [0.05, 0.1) is 0 Å². The van der Waals surface area contributed by atoms with Crippen molar-refractivity contribution in [3.63, 3.8) is 0 Å². The molecule has 1 aromatic rings. The van der Waals surface area contributed by atoms with E-state index in [0.29, 0.717) is 23.4 Å². The SMILES string of the molecule is Fc1ccc(CNCC2CCC(Cl)CC2)c(F)c1. The molecule has 0 bridgehead atoms. The molecular formula is C14H18ClF2N. The molecule has 0 unspecified atom stereocenters. The molecule has 4 heteroatoms. The summed E-state index contributed by atoms with van der Waals surface area (Å²) in [6, 6.07) is 3.71. The fraction of sp³-hybridized carbons (Fsp3) is 0.571. The van der Waals surface area contributed by atoms with Crippen molar-refractivity contribution < 1.29 is 8.78 Å². The van der Waals surface area contributed by atoms with Gasteiger partial charge in [0.25, 0.3) is 0 Å². The van der Waals surface area contributed by atoms with Crippen molar-refractivity contribution in [1.82, 2.24) is 5.32 Å². The van der Waals surface area contributed by atoms with Crippen molar-refractivity contribution in [2.24, 2.45) is 5.92 Å². The molecule has 100 valence electrons. The molecule has 1 aliphatic rings. The first kappa shape index (κ1) is 13.8. The predicted octanol–water partition coefficient (Wildman–Crippen LogP) is 3.85. The summed E-state index contributed by atoms with van der Waals surface area (Å²) in [6.07, 6.45) is 4.40. The van der Waals surface area contributed by atoms with Crippen LogP contribution in [0.15, 0.2) is 18.2 Å². The number of benzene rings is 1. The van der Waals surface area contributed by atoms with E-state index in [1.165, 1.54) is 12.1 Å². The van der Waals surface area contributed by atoms with Crippen molar-refractivity contribution >= 4 is 11.6 Å². The first-order chi connectivity index (χ1) is 8.65. The van der Waals surface area contributed by atoms with E-state index in [9.17, 15) is 8.78 Å². The smallest absolute Gasteiger partial charge is 0.130 e. The summed E-state index contributed by atoms with van der Waals surface area (Å²) in [5, 5.41) is 3.57. The number of nitrogens with one attached hydrogen (secondary N) is 1. The Bertz CT molecular complexity index is 389. The van der Waals surface area contributed by atoms with Gasteiger partial charge in [-0.25, -0.2) is 8.78 Å². The Hall–Kier alpha value is -0.670. The second-order valence-electron chi connectivity index (χ2n) is 4.98. The van der Waals surface area contributed by atoms with Gasteiger partial charge in [-0.15, -0.1) is 11.6 Å². The van der Waals surface area contributed by atoms with E-state index in [0.717, 1.165) is 38.3 Å². The highest BCUT2D eigenvalue weighted by molar-refractivity contribution is 6.20. The van der Waals surface area contributed by atoms with Crippen LogP contribution in [0, 0.1) is 17.6 Å². The van der Waals surface area contributed by atoms with Crippen LogP contribution in [0.4, 0.5) is 8.78 Å². The lowest BCUT2D eigenvalue weighted by Gasteiger charge is -2.25. The summed E-state index contributed by atoms with van der Waals surface area (Å²) in [5.74, 6) is -0.382. The van der Waals surface area contributed by atoms with Crippen molar-refractivity contribution in [3.05, 3.63) is 35.4 Å². The summed E-state index contributed by atoms with van der Waals surface area (Å²) in [6.45, 7) is 1.33. The van der Waals surface area contributed by atoms with Crippen LogP contribution in [0.3, 0.4) is 0 Å². The third-order valence-electron chi connectivity index (χ3n) is 3.54. The molecule has 1 saturated carbocycles. The van der Waals surface area contributed by atoms with E-state index in [4.69, 9.17) is 11.6 Å². The minimum absolute atomic E-state index is 0.329. The summed E-state index contributed by atoms with van der Waals surface area (Å²) in [7, 11) is 0. The van der Waals surface area contributed by atoms with Crippen LogP contribution >= 0.6 is 11.6 Å². The minimum atomic E-state index is -0.531. The Balaban J connectivity index is 1.75. The fourth-order valence-corrected chi connectivity index (χ4v) is 2.65. The molecule has 18 heavy (non-hydrogen) atoms. The lowest BCUT2D eigenvalue weighted by atomic mass is 9.89. The van der Waals surface area contributed by atoms with Gasteiger partial charge in [0.1, 0.15) is 11.6 Å². The number of halogens is 3. The molecule has 1 fully saturated rings. The lowest BCUT2D eigenvalue weighted by molar-refractivity contribution is 0.345. The summed E-state index contributed by atoms with van der Waals surface area (Å²) < 4.78 is 26.1. The quantitative estimate of drug-likeness (QED) is 0.822. The van der Waals surface area contributed by atoms with Gasteiger partial charge >= 0.3 is 0 Å². The second-order valence-corrected chi connectivity index (χ2v) is 5.60. The van der Waals surface area contributed by atoms with E-state index in [1.807, 2.05) is 0 Å². The first-order valence-corrected chi connectivity index (χ1v) is 6.87. The van der Waals surface area contributed by atoms with E-state index in [-0.39, 0.29) is 0 Å². The first-order valence-electron chi connectivity index (χ1n) is 6.44. The molecule has 0 aromatic heterocycles. The van der Waals surface area contributed by atoms with Crippen molar-refractivity contribution in [3.8, 4) is 0 Å². The topological polar surface area (TPSA) is 12.0 Å². The van der Waals surface area contributed by atoms with Gasteiger partial charge in [-0.2, -0.15) is 0 Å². The molecule has 0 heterocycles. The maximum absolute atomic E-state index is 13.4. The number of hydrogen-bond acceptors (Lipinski definition) is 1. The highest BCUT2D eigenvalue weighted by Crippen LogP contribution is 2.27. The van der Waals surface area contributed by atoms with Crippen molar-refractivity contribution in [1.29, 1.82) is 0 Å². The summed E-state index contributed by atoms with van der Waals surface area (Å²) >= 11 is 6.04. The molecule has 1 aliphatic carbocycles. The lowest BCUT2D eigenvalue weighted by Crippen LogP contribution is -2.26. The molecule has 0 radical (unpaired) electrons. The largest absolute Gasteiger partial charge is 0.312 e. The van der Waals surface area contributed by atoms with Crippen LogP contribution in [-0.4, -0.2) is 11.9 Å². The highest BCUT2D eigenvalue weighted by Gasteiger charge is 2.18. The fourth-order valence-electron chi connectivity index (χ4n) is 2.40. The zero-order valence-corrected chi connectivity index (χ0v) is 11.0. The van der Waals surface area contributed by atoms with Gasteiger partial charge in [-0.1, -0.05) is 6.07 Å². The van der Waals surface area contributed by atoms with Crippen LogP contribution in [0.5, 0.6) is 0 Å². The molecule has 0 saturated heterocycles. The van der Waals surface area contributed by atoms with Crippen molar-refractivity contribution in [2.45, 2.75) is 37.6 Å². The van der Waals surface area contributed by atoms with E-state index in [1.54, 1.807) is 0 Å². The van der Waals surface area contributed by atoms with E-state index in [2.05, 4.69) is 5.32 Å². The normalized spacial score (nSPS) is 24.2. The molecule has 0 amide bonds. The predicted molar refractivity (Wildman–Crippen MR) is 69.7 cm³/mol. The molecule has 1 aromatic carbocycles. The van der Waals surface area contributed by atoms with Gasteiger partial charge in [0, 0.05) is 23.6 Å². The Kier molecular flexibility index (Phi) is 4.95. The second kappa shape index (κ2) is 6.48. The molecule has 0 spiro atoms. The molecule has 1 nitrogen and oxygen atoms in total. The zero-order chi connectivity index (χ0) is 13.0. The number of alkyl halides is 1. The van der Waals surface area contributed by atoms with Crippen LogP contribution in [0.25, 0.3) is 0 Å². The highest BCUT2D eigenvalue weighted by atomic mass is 35.5. The average molecular weight is 274 g/mol. The Morgan fingerprint density at radius 2 is 1.89 bits per heavy atom. The molecule has 2 rings (SSSR count). The standard InChI is InChI=1S/C14H18ClF2N/c15-12-4-1-10(2-5-12)8-18-9-11-3-6-13(16)7-14(11)17/h3,6-7,10,12,18H,1-2,4-5,8-9H2. The minimum Gasteiger partial charge on any atom is -0.312 e.